The Labute approximate surface area is 194 Å². The molecule has 1 aromatic carbocycles. The standard InChI is InChI=1S/C24H33NO8/c1-7-31-20(27)18(13-17-11-9-8-10-12-17)25-19(26)14-23(6,30)24(25,21(28)32-15(2)3)22(29)33-16(4)5/h8-12,15-16,18,30H,7,13-14H2,1-6H3/t18-,23?/m1/s1. The first-order valence-electron chi connectivity index (χ1n) is 11.1. The van der Waals surface area contributed by atoms with E-state index in [0.717, 1.165) is 4.90 Å². The number of likely N-dealkylation sites (tertiary alicyclic amines) is 1. The van der Waals surface area contributed by atoms with Crippen molar-refractivity contribution in [1.29, 1.82) is 0 Å². The second kappa shape index (κ2) is 10.3. The average molecular weight is 464 g/mol. The molecule has 1 heterocycles. The predicted molar refractivity (Wildman–Crippen MR) is 118 cm³/mol. The van der Waals surface area contributed by atoms with Gasteiger partial charge < -0.3 is 24.2 Å². The van der Waals surface area contributed by atoms with Gasteiger partial charge in [-0.15, -0.1) is 0 Å². The maximum atomic E-state index is 13.5. The first-order chi connectivity index (χ1) is 15.4. The maximum Gasteiger partial charge on any atom is 0.347 e. The van der Waals surface area contributed by atoms with E-state index >= 15 is 0 Å². The summed E-state index contributed by atoms with van der Waals surface area (Å²) in [5.41, 5.74) is -4.13. The fraction of sp³-hybridized carbons (Fsp3) is 0.583. The molecule has 182 valence electrons. The lowest BCUT2D eigenvalue weighted by Crippen LogP contribution is -2.71. The van der Waals surface area contributed by atoms with Crippen molar-refractivity contribution in [1.82, 2.24) is 4.90 Å². The van der Waals surface area contributed by atoms with Crippen LogP contribution in [0.5, 0.6) is 0 Å². The summed E-state index contributed by atoms with van der Waals surface area (Å²) in [5.74, 6) is -3.91. The van der Waals surface area contributed by atoms with Crippen molar-refractivity contribution in [3.63, 3.8) is 0 Å². The summed E-state index contributed by atoms with van der Waals surface area (Å²) in [7, 11) is 0. The van der Waals surface area contributed by atoms with Gasteiger partial charge in [-0.1, -0.05) is 30.3 Å². The molecule has 1 saturated heterocycles. The Bertz CT molecular complexity index is 856. The van der Waals surface area contributed by atoms with Crippen LogP contribution in [0.15, 0.2) is 30.3 Å². The molecule has 1 fully saturated rings. The fourth-order valence-electron chi connectivity index (χ4n) is 4.04. The molecule has 1 amide bonds. The highest BCUT2D eigenvalue weighted by molar-refractivity contribution is 6.13. The Morgan fingerprint density at radius 2 is 1.55 bits per heavy atom. The van der Waals surface area contributed by atoms with Crippen LogP contribution in [0.2, 0.25) is 0 Å². The zero-order valence-corrected chi connectivity index (χ0v) is 20.0. The predicted octanol–water partition coefficient (Wildman–Crippen LogP) is 1.79. The monoisotopic (exact) mass is 463 g/mol. The normalized spacial score (nSPS) is 20.6. The second-order valence-corrected chi connectivity index (χ2v) is 8.79. The number of hydrogen-bond acceptors (Lipinski definition) is 8. The van der Waals surface area contributed by atoms with Crippen molar-refractivity contribution in [2.24, 2.45) is 0 Å². The Morgan fingerprint density at radius 3 is 2.00 bits per heavy atom. The van der Waals surface area contributed by atoms with Crippen molar-refractivity contribution in [3.05, 3.63) is 35.9 Å². The van der Waals surface area contributed by atoms with Gasteiger partial charge in [0.2, 0.25) is 5.91 Å². The fourth-order valence-corrected chi connectivity index (χ4v) is 4.04. The van der Waals surface area contributed by atoms with E-state index in [9.17, 15) is 24.3 Å². The number of carbonyl (C=O) groups is 4. The molecule has 0 aliphatic carbocycles. The van der Waals surface area contributed by atoms with Gasteiger partial charge in [-0.25, -0.2) is 14.4 Å². The molecule has 0 spiro atoms. The Morgan fingerprint density at radius 1 is 1.03 bits per heavy atom. The molecule has 0 saturated carbocycles. The minimum absolute atomic E-state index is 0.0163. The SMILES string of the molecule is CCOC(=O)[C@@H](Cc1ccccc1)N1C(=O)CC(C)(O)C1(C(=O)OC(C)C)C(=O)OC(C)C. The van der Waals surface area contributed by atoms with Crippen molar-refractivity contribution in [2.75, 3.05) is 6.61 Å². The van der Waals surface area contributed by atoms with Crippen LogP contribution < -0.4 is 0 Å². The molecule has 0 bridgehead atoms. The molecule has 33 heavy (non-hydrogen) atoms. The van der Waals surface area contributed by atoms with Gasteiger partial charge in [-0.05, 0) is 47.1 Å². The van der Waals surface area contributed by atoms with Crippen LogP contribution in [0.4, 0.5) is 0 Å². The molecular formula is C24H33NO8. The summed E-state index contributed by atoms with van der Waals surface area (Å²) >= 11 is 0. The lowest BCUT2D eigenvalue weighted by atomic mass is 9.80. The first-order valence-corrected chi connectivity index (χ1v) is 11.1. The van der Waals surface area contributed by atoms with Crippen LogP contribution >= 0.6 is 0 Å². The number of benzene rings is 1. The van der Waals surface area contributed by atoms with E-state index in [0.29, 0.717) is 5.56 Å². The number of nitrogens with zero attached hydrogens (tertiary/aromatic N) is 1. The summed E-state index contributed by atoms with van der Waals surface area (Å²) in [6, 6.07) is 7.41. The quantitative estimate of drug-likeness (QED) is 0.334. The van der Waals surface area contributed by atoms with E-state index in [1.165, 1.54) is 6.92 Å². The second-order valence-electron chi connectivity index (χ2n) is 8.79. The largest absolute Gasteiger partial charge is 0.464 e. The van der Waals surface area contributed by atoms with Gasteiger partial charge in [0.15, 0.2) is 0 Å². The third-order valence-corrected chi connectivity index (χ3v) is 5.32. The van der Waals surface area contributed by atoms with Crippen LogP contribution in [0.25, 0.3) is 0 Å². The third kappa shape index (κ3) is 5.19. The molecular weight excluding hydrogens is 430 g/mol. The van der Waals surface area contributed by atoms with E-state index in [1.54, 1.807) is 65.0 Å². The molecule has 2 atom stereocenters. The summed E-state index contributed by atoms with van der Waals surface area (Å²) in [5, 5.41) is 11.3. The topological polar surface area (TPSA) is 119 Å². The zero-order chi connectivity index (χ0) is 25.0. The number of ether oxygens (including phenoxy) is 3. The van der Waals surface area contributed by atoms with E-state index < -0.39 is 59.6 Å². The zero-order valence-electron chi connectivity index (χ0n) is 20.0. The highest BCUT2D eigenvalue weighted by Gasteiger charge is 2.73. The molecule has 0 aromatic heterocycles. The molecule has 1 unspecified atom stereocenters. The molecule has 1 aromatic rings. The number of aliphatic hydroxyl groups is 1. The Balaban J connectivity index is 2.75. The van der Waals surface area contributed by atoms with Gasteiger partial charge in [0.25, 0.3) is 5.54 Å². The van der Waals surface area contributed by atoms with Gasteiger partial charge in [-0.2, -0.15) is 0 Å². The van der Waals surface area contributed by atoms with E-state index in [1.807, 2.05) is 0 Å². The summed E-state index contributed by atoms with van der Waals surface area (Å²) in [6.45, 7) is 9.10. The molecule has 9 nitrogen and oxygen atoms in total. The van der Waals surface area contributed by atoms with E-state index in [2.05, 4.69) is 0 Å². The van der Waals surface area contributed by atoms with Gasteiger partial charge in [0.05, 0.1) is 25.2 Å². The number of amides is 1. The Kier molecular flexibility index (Phi) is 8.24. The first kappa shape index (κ1) is 26.3. The third-order valence-electron chi connectivity index (χ3n) is 5.32. The smallest absolute Gasteiger partial charge is 0.347 e. The van der Waals surface area contributed by atoms with Crippen LogP contribution in [0.3, 0.4) is 0 Å². The highest BCUT2D eigenvalue weighted by Crippen LogP contribution is 2.44. The number of hydrogen-bond donors (Lipinski definition) is 1. The lowest BCUT2D eigenvalue weighted by Gasteiger charge is -2.43. The van der Waals surface area contributed by atoms with Crippen molar-refractivity contribution >= 4 is 23.8 Å². The molecule has 0 radical (unpaired) electrons. The van der Waals surface area contributed by atoms with E-state index in [4.69, 9.17) is 14.2 Å². The van der Waals surface area contributed by atoms with Crippen molar-refractivity contribution in [3.8, 4) is 0 Å². The average Bonchev–Trinajstić information content (AvgIpc) is 2.91. The maximum absolute atomic E-state index is 13.5. The molecule has 1 aliphatic rings. The highest BCUT2D eigenvalue weighted by atomic mass is 16.6. The molecule has 2 rings (SSSR count). The molecule has 1 aliphatic heterocycles. The van der Waals surface area contributed by atoms with Crippen molar-refractivity contribution < 1.29 is 38.5 Å². The van der Waals surface area contributed by atoms with Crippen LogP contribution in [-0.4, -0.2) is 69.8 Å². The lowest BCUT2D eigenvalue weighted by molar-refractivity contribution is -0.196. The van der Waals surface area contributed by atoms with E-state index in [-0.39, 0.29) is 13.0 Å². The minimum atomic E-state index is -2.59. The number of carbonyl (C=O) groups excluding carboxylic acids is 4. The number of rotatable bonds is 9. The van der Waals surface area contributed by atoms with Gasteiger partial charge in [-0.3, -0.25) is 4.79 Å². The molecule has 1 N–H and O–H groups in total. The number of esters is 3. The Hall–Kier alpha value is -2.94. The van der Waals surface area contributed by atoms with Crippen LogP contribution in [-0.2, 0) is 39.8 Å². The van der Waals surface area contributed by atoms with Crippen LogP contribution in [0.1, 0.15) is 53.5 Å². The van der Waals surface area contributed by atoms with Gasteiger partial charge in [0, 0.05) is 6.42 Å². The van der Waals surface area contributed by atoms with Gasteiger partial charge >= 0.3 is 17.9 Å². The molecule has 9 heteroatoms. The summed E-state index contributed by atoms with van der Waals surface area (Å²) < 4.78 is 15.9. The summed E-state index contributed by atoms with van der Waals surface area (Å²) in [4.78, 5) is 54.1. The van der Waals surface area contributed by atoms with Crippen molar-refractivity contribution in [2.45, 2.75) is 83.8 Å². The van der Waals surface area contributed by atoms with Gasteiger partial charge in [0.1, 0.15) is 11.6 Å². The minimum Gasteiger partial charge on any atom is -0.464 e. The van der Waals surface area contributed by atoms with Crippen LogP contribution in [0, 0.1) is 0 Å². The summed E-state index contributed by atoms with van der Waals surface area (Å²) in [6.07, 6.45) is -1.96.